The predicted octanol–water partition coefficient (Wildman–Crippen LogP) is 1.18. The van der Waals surface area contributed by atoms with Crippen molar-refractivity contribution >= 4 is 0 Å². The van der Waals surface area contributed by atoms with E-state index in [0.29, 0.717) is 6.54 Å². The van der Waals surface area contributed by atoms with Crippen LogP contribution >= 0.6 is 0 Å². The second kappa shape index (κ2) is 4.47. The molecule has 0 aliphatic heterocycles. The van der Waals surface area contributed by atoms with Crippen LogP contribution in [0.1, 0.15) is 30.9 Å². The van der Waals surface area contributed by atoms with Gasteiger partial charge in [-0.25, -0.2) is 0 Å². The molecule has 0 saturated heterocycles. The average molecular weight is 219 g/mol. The Morgan fingerprint density at radius 1 is 1.19 bits per heavy atom. The van der Waals surface area contributed by atoms with E-state index >= 15 is 0 Å². The number of hydrogen-bond acceptors (Lipinski definition) is 3. The molecule has 0 aromatic carbocycles. The van der Waals surface area contributed by atoms with Crippen molar-refractivity contribution in [3.8, 4) is 0 Å². The van der Waals surface area contributed by atoms with Gasteiger partial charge in [-0.2, -0.15) is 5.10 Å². The molecule has 0 radical (unpaired) electrons. The van der Waals surface area contributed by atoms with Crippen LogP contribution in [0, 0.1) is 0 Å². The van der Waals surface area contributed by atoms with E-state index in [-0.39, 0.29) is 0 Å². The number of aromatic nitrogens is 5. The highest BCUT2D eigenvalue weighted by Crippen LogP contribution is 2.08. The van der Waals surface area contributed by atoms with Crippen LogP contribution in [0.3, 0.4) is 0 Å². The zero-order valence-corrected chi connectivity index (χ0v) is 10.0. The Bertz CT molecular complexity index is 468. The lowest BCUT2D eigenvalue weighted by atomic mass is 10.2. The Labute approximate surface area is 95.1 Å². The zero-order valence-electron chi connectivity index (χ0n) is 10.0. The zero-order chi connectivity index (χ0) is 11.5. The van der Waals surface area contributed by atoms with Gasteiger partial charge in [0.2, 0.25) is 0 Å². The maximum atomic E-state index is 4.54. The predicted molar refractivity (Wildman–Crippen MR) is 61.1 cm³/mol. The Balaban J connectivity index is 2.22. The number of nitrogens with zero attached hydrogens (tertiary/aromatic N) is 5. The minimum atomic E-state index is 0.705. The molecule has 5 heteroatoms. The maximum Gasteiger partial charge on any atom is 0.104 e. The van der Waals surface area contributed by atoms with Gasteiger partial charge in [-0.1, -0.05) is 19.1 Å². The minimum Gasteiger partial charge on any atom is -0.263 e. The molecule has 0 aliphatic rings. The van der Waals surface area contributed by atoms with Gasteiger partial charge >= 0.3 is 0 Å². The summed E-state index contributed by atoms with van der Waals surface area (Å²) >= 11 is 0. The summed E-state index contributed by atoms with van der Waals surface area (Å²) in [4.78, 5) is 0. The Kier molecular flexibility index (Phi) is 3.03. The van der Waals surface area contributed by atoms with E-state index in [4.69, 9.17) is 0 Å². The minimum absolute atomic E-state index is 0.705. The second-order valence-corrected chi connectivity index (χ2v) is 3.88. The van der Waals surface area contributed by atoms with Crippen LogP contribution in [0.5, 0.6) is 0 Å². The Hall–Kier alpha value is -1.65. The molecule has 0 spiro atoms. The standard InChI is InChI=1S/C11H17N5/c1-4-9-6-11(5-2)16(13-9)8-10-7-15(3)14-12-10/h6-7H,4-5,8H2,1-3H3. The van der Waals surface area contributed by atoms with Crippen molar-refractivity contribution in [2.75, 3.05) is 0 Å². The van der Waals surface area contributed by atoms with Gasteiger partial charge in [0, 0.05) is 18.9 Å². The molecular formula is C11H17N5. The third kappa shape index (κ3) is 2.13. The first-order valence-electron chi connectivity index (χ1n) is 5.63. The molecular weight excluding hydrogens is 202 g/mol. The molecule has 0 bridgehead atoms. The molecule has 0 atom stereocenters. The summed E-state index contributed by atoms with van der Waals surface area (Å²) in [6, 6.07) is 2.16. The van der Waals surface area contributed by atoms with Crippen molar-refractivity contribution < 1.29 is 0 Å². The fourth-order valence-corrected chi connectivity index (χ4v) is 1.73. The molecule has 2 rings (SSSR count). The summed E-state index contributed by atoms with van der Waals surface area (Å²) < 4.78 is 3.73. The first kappa shape index (κ1) is 10.9. The molecule has 16 heavy (non-hydrogen) atoms. The van der Waals surface area contributed by atoms with Gasteiger partial charge in [0.25, 0.3) is 0 Å². The lowest BCUT2D eigenvalue weighted by Crippen LogP contribution is -2.06. The number of aryl methyl sites for hydroxylation is 3. The number of hydrogen-bond donors (Lipinski definition) is 0. The highest BCUT2D eigenvalue weighted by Gasteiger charge is 2.07. The normalized spacial score (nSPS) is 10.9. The Morgan fingerprint density at radius 3 is 2.56 bits per heavy atom. The summed E-state index contributed by atoms with van der Waals surface area (Å²) in [6.07, 6.45) is 3.89. The van der Waals surface area contributed by atoms with Crippen molar-refractivity contribution in [2.45, 2.75) is 33.2 Å². The lowest BCUT2D eigenvalue weighted by Gasteiger charge is -2.02. The van der Waals surface area contributed by atoms with Gasteiger partial charge in [-0.3, -0.25) is 9.36 Å². The van der Waals surface area contributed by atoms with Crippen LogP contribution in [-0.2, 0) is 26.4 Å². The van der Waals surface area contributed by atoms with Crippen molar-refractivity contribution in [3.05, 3.63) is 29.3 Å². The second-order valence-electron chi connectivity index (χ2n) is 3.88. The Morgan fingerprint density at radius 2 is 2.00 bits per heavy atom. The summed E-state index contributed by atoms with van der Waals surface area (Å²) in [5.74, 6) is 0. The molecule has 0 saturated carbocycles. The highest BCUT2D eigenvalue weighted by molar-refractivity contribution is 5.11. The lowest BCUT2D eigenvalue weighted by molar-refractivity contribution is 0.627. The molecule has 2 heterocycles. The van der Waals surface area contributed by atoms with Gasteiger partial charge in [0.05, 0.1) is 12.2 Å². The molecule has 0 fully saturated rings. The third-order valence-electron chi connectivity index (χ3n) is 2.60. The van der Waals surface area contributed by atoms with E-state index in [0.717, 1.165) is 24.2 Å². The van der Waals surface area contributed by atoms with Crippen LogP contribution in [0.4, 0.5) is 0 Å². The smallest absolute Gasteiger partial charge is 0.104 e. The van der Waals surface area contributed by atoms with Crippen molar-refractivity contribution in [1.82, 2.24) is 24.8 Å². The van der Waals surface area contributed by atoms with E-state index in [1.807, 2.05) is 17.9 Å². The molecule has 0 unspecified atom stereocenters. The molecule has 0 aliphatic carbocycles. The molecule has 5 nitrogen and oxygen atoms in total. The number of rotatable bonds is 4. The van der Waals surface area contributed by atoms with E-state index in [9.17, 15) is 0 Å². The van der Waals surface area contributed by atoms with Crippen molar-refractivity contribution in [3.63, 3.8) is 0 Å². The SMILES string of the molecule is CCc1cc(CC)n(Cc2cn(C)nn2)n1. The average Bonchev–Trinajstić information content (AvgIpc) is 2.85. The fraction of sp³-hybridized carbons (Fsp3) is 0.545. The summed E-state index contributed by atoms with van der Waals surface area (Å²) in [6.45, 7) is 4.97. The van der Waals surface area contributed by atoms with Gasteiger partial charge in [0.1, 0.15) is 5.69 Å². The van der Waals surface area contributed by atoms with Gasteiger partial charge in [0.15, 0.2) is 0 Å². The topological polar surface area (TPSA) is 48.5 Å². The third-order valence-corrected chi connectivity index (χ3v) is 2.60. The van der Waals surface area contributed by atoms with Crippen molar-refractivity contribution in [1.29, 1.82) is 0 Å². The fourth-order valence-electron chi connectivity index (χ4n) is 1.73. The van der Waals surface area contributed by atoms with E-state index in [1.165, 1.54) is 5.69 Å². The van der Waals surface area contributed by atoms with Crippen LogP contribution in [-0.4, -0.2) is 24.8 Å². The highest BCUT2D eigenvalue weighted by atomic mass is 15.4. The van der Waals surface area contributed by atoms with Gasteiger partial charge < -0.3 is 0 Å². The summed E-state index contributed by atoms with van der Waals surface area (Å²) in [7, 11) is 1.87. The summed E-state index contributed by atoms with van der Waals surface area (Å²) in [5, 5.41) is 12.5. The first-order chi connectivity index (χ1) is 7.72. The molecule has 0 amide bonds. The maximum absolute atomic E-state index is 4.54. The van der Waals surface area contributed by atoms with Crippen LogP contribution in [0.25, 0.3) is 0 Å². The van der Waals surface area contributed by atoms with Crippen LogP contribution in [0.2, 0.25) is 0 Å². The monoisotopic (exact) mass is 219 g/mol. The van der Waals surface area contributed by atoms with Gasteiger partial charge in [-0.15, -0.1) is 5.10 Å². The van der Waals surface area contributed by atoms with Gasteiger partial charge in [-0.05, 0) is 18.9 Å². The molecule has 86 valence electrons. The summed E-state index contributed by atoms with van der Waals surface area (Å²) in [5.41, 5.74) is 3.34. The van der Waals surface area contributed by atoms with E-state index in [1.54, 1.807) is 4.68 Å². The van der Waals surface area contributed by atoms with Crippen molar-refractivity contribution in [2.24, 2.45) is 7.05 Å². The van der Waals surface area contributed by atoms with Crippen LogP contribution in [0.15, 0.2) is 12.3 Å². The quantitative estimate of drug-likeness (QED) is 0.776. The largest absolute Gasteiger partial charge is 0.263 e. The molecule has 2 aromatic rings. The van der Waals surface area contributed by atoms with E-state index < -0.39 is 0 Å². The van der Waals surface area contributed by atoms with Crippen LogP contribution < -0.4 is 0 Å². The first-order valence-corrected chi connectivity index (χ1v) is 5.63. The van der Waals surface area contributed by atoms with E-state index in [2.05, 4.69) is 35.3 Å². The molecule has 0 N–H and O–H groups in total. The molecule has 2 aromatic heterocycles.